The number of fused-ring (bicyclic) bond motifs is 1. The van der Waals surface area contributed by atoms with Gasteiger partial charge in [0, 0.05) is 30.1 Å². The summed E-state index contributed by atoms with van der Waals surface area (Å²) in [4.78, 5) is 0. The third-order valence-electron chi connectivity index (χ3n) is 4.69. The lowest BCUT2D eigenvalue weighted by Crippen LogP contribution is -2.41. The minimum Gasteiger partial charge on any atom is -0.488 e. The Hall–Kier alpha value is -1.87. The van der Waals surface area contributed by atoms with Gasteiger partial charge in [-0.15, -0.1) is 0 Å². The summed E-state index contributed by atoms with van der Waals surface area (Å²) in [5, 5.41) is 3.55. The monoisotopic (exact) mass is 297 g/mol. The maximum absolute atomic E-state index is 13.9. The molecule has 0 aromatic heterocycles. The Morgan fingerprint density at radius 1 is 1.14 bits per heavy atom. The fourth-order valence-electron chi connectivity index (χ4n) is 3.25. The van der Waals surface area contributed by atoms with E-state index in [1.165, 1.54) is 19.3 Å². The van der Waals surface area contributed by atoms with Crippen molar-refractivity contribution in [1.82, 2.24) is 5.32 Å². The Morgan fingerprint density at radius 2 is 1.95 bits per heavy atom. The molecule has 0 saturated heterocycles. The average molecular weight is 297 g/mol. The molecular weight excluding hydrogens is 277 g/mol. The third kappa shape index (κ3) is 2.61. The van der Waals surface area contributed by atoms with Crippen molar-refractivity contribution >= 4 is 0 Å². The average Bonchev–Trinajstić information content (AvgIpc) is 2.88. The standard InChI is InChI=1S/C19H20FNO/c20-15-9-14-10-17(12-21-16-7-4-8-16)22-19(14)18(11-15)13-5-2-1-3-6-13/h1-3,5-6,9,11,16-17,21H,4,7-8,10,12H2. The Balaban J connectivity index is 1.57. The van der Waals surface area contributed by atoms with Crippen LogP contribution in [0.25, 0.3) is 11.1 Å². The Labute approximate surface area is 130 Å². The summed E-state index contributed by atoms with van der Waals surface area (Å²) >= 11 is 0. The number of ether oxygens (including phenoxy) is 1. The van der Waals surface area contributed by atoms with Crippen molar-refractivity contribution in [2.45, 2.75) is 37.8 Å². The normalized spacial score (nSPS) is 20.3. The van der Waals surface area contributed by atoms with Crippen LogP contribution >= 0.6 is 0 Å². The number of nitrogens with one attached hydrogen (secondary N) is 1. The van der Waals surface area contributed by atoms with Crippen LogP contribution < -0.4 is 10.1 Å². The van der Waals surface area contributed by atoms with E-state index in [2.05, 4.69) is 5.32 Å². The van der Waals surface area contributed by atoms with Gasteiger partial charge in [0.05, 0.1) is 0 Å². The first-order chi connectivity index (χ1) is 10.8. The minimum absolute atomic E-state index is 0.111. The van der Waals surface area contributed by atoms with Crippen molar-refractivity contribution in [1.29, 1.82) is 0 Å². The molecule has 1 atom stereocenters. The highest BCUT2D eigenvalue weighted by atomic mass is 19.1. The summed E-state index contributed by atoms with van der Waals surface area (Å²) in [6.45, 7) is 0.842. The molecule has 1 fully saturated rings. The lowest BCUT2D eigenvalue weighted by molar-refractivity contribution is 0.208. The Kier molecular flexibility index (Phi) is 3.59. The molecule has 1 heterocycles. The van der Waals surface area contributed by atoms with Crippen LogP contribution in [0, 0.1) is 5.82 Å². The summed E-state index contributed by atoms with van der Waals surface area (Å²) in [6.07, 6.45) is 4.76. The van der Waals surface area contributed by atoms with Crippen molar-refractivity contribution in [3.05, 3.63) is 53.8 Å². The molecule has 3 heteroatoms. The number of halogens is 1. The van der Waals surface area contributed by atoms with Gasteiger partial charge in [-0.25, -0.2) is 4.39 Å². The number of rotatable bonds is 4. The highest BCUT2D eigenvalue weighted by Gasteiger charge is 2.28. The van der Waals surface area contributed by atoms with Crippen LogP contribution in [0.3, 0.4) is 0 Å². The highest BCUT2D eigenvalue weighted by molar-refractivity contribution is 5.73. The van der Waals surface area contributed by atoms with Gasteiger partial charge in [0.25, 0.3) is 0 Å². The molecule has 22 heavy (non-hydrogen) atoms. The van der Waals surface area contributed by atoms with Crippen molar-refractivity contribution in [3.63, 3.8) is 0 Å². The molecule has 1 unspecified atom stereocenters. The molecule has 114 valence electrons. The van der Waals surface area contributed by atoms with Gasteiger partial charge in [-0.1, -0.05) is 36.8 Å². The lowest BCUT2D eigenvalue weighted by atomic mass is 9.93. The van der Waals surface area contributed by atoms with Gasteiger partial charge >= 0.3 is 0 Å². The topological polar surface area (TPSA) is 21.3 Å². The van der Waals surface area contributed by atoms with Crippen molar-refractivity contribution in [2.75, 3.05) is 6.54 Å². The molecule has 0 bridgehead atoms. The maximum Gasteiger partial charge on any atom is 0.131 e. The fourth-order valence-corrected chi connectivity index (χ4v) is 3.25. The van der Waals surface area contributed by atoms with Crippen LogP contribution in [0.15, 0.2) is 42.5 Å². The van der Waals surface area contributed by atoms with Gasteiger partial charge in [-0.2, -0.15) is 0 Å². The van der Waals surface area contributed by atoms with Crippen LogP contribution in [0.2, 0.25) is 0 Å². The van der Waals surface area contributed by atoms with E-state index < -0.39 is 0 Å². The fraction of sp³-hybridized carbons (Fsp3) is 0.368. The zero-order valence-electron chi connectivity index (χ0n) is 12.5. The molecule has 2 aromatic carbocycles. The van der Waals surface area contributed by atoms with E-state index in [0.29, 0.717) is 6.04 Å². The van der Waals surface area contributed by atoms with Crippen LogP contribution in [-0.4, -0.2) is 18.7 Å². The summed E-state index contributed by atoms with van der Waals surface area (Å²) in [5.74, 6) is 0.668. The predicted octanol–water partition coefficient (Wildman–Crippen LogP) is 3.94. The molecule has 1 aliphatic heterocycles. The van der Waals surface area contributed by atoms with Gasteiger partial charge in [0.2, 0.25) is 0 Å². The lowest BCUT2D eigenvalue weighted by Gasteiger charge is -2.27. The second-order valence-electron chi connectivity index (χ2n) is 6.29. The molecule has 0 radical (unpaired) electrons. The Bertz CT molecular complexity index is 667. The van der Waals surface area contributed by atoms with E-state index >= 15 is 0 Å². The van der Waals surface area contributed by atoms with Crippen LogP contribution in [0.4, 0.5) is 4.39 Å². The molecule has 2 aliphatic rings. The van der Waals surface area contributed by atoms with Gasteiger partial charge in [0.15, 0.2) is 0 Å². The van der Waals surface area contributed by atoms with E-state index in [0.717, 1.165) is 35.4 Å². The third-order valence-corrected chi connectivity index (χ3v) is 4.69. The van der Waals surface area contributed by atoms with Crippen LogP contribution in [0.5, 0.6) is 5.75 Å². The van der Waals surface area contributed by atoms with Gasteiger partial charge in [0.1, 0.15) is 17.7 Å². The smallest absolute Gasteiger partial charge is 0.131 e. The first-order valence-electron chi connectivity index (χ1n) is 8.07. The van der Waals surface area contributed by atoms with E-state index in [1.807, 2.05) is 30.3 Å². The van der Waals surface area contributed by atoms with Crippen molar-refractivity contribution in [2.24, 2.45) is 0 Å². The zero-order chi connectivity index (χ0) is 14.9. The molecule has 1 aliphatic carbocycles. The summed E-state index contributed by atoms with van der Waals surface area (Å²) in [7, 11) is 0. The molecule has 1 saturated carbocycles. The van der Waals surface area contributed by atoms with E-state index in [-0.39, 0.29) is 11.9 Å². The predicted molar refractivity (Wildman–Crippen MR) is 85.6 cm³/mol. The van der Waals surface area contributed by atoms with E-state index in [4.69, 9.17) is 4.74 Å². The molecule has 0 spiro atoms. The minimum atomic E-state index is -0.186. The quantitative estimate of drug-likeness (QED) is 0.923. The molecule has 0 amide bonds. The number of hydrogen-bond acceptors (Lipinski definition) is 2. The van der Waals surface area contributed by atoms with Crippen molar-refractivity contribution < 1.29 is 9.13 Å². The maximum atomic E-state index is 13.9. The largest absolute Gasteiger partial charge is 0.488 e. The second-order valence-corrected chi connectivity index (χ2v) is 6.29. The molecular formula is C19H20FNO. The first-order valence-corrected chi connectivity index (χ1v) is 8.07. The van der Waals surface area contributed by atoms with Gasteiger partial charge in [-0.05, 0) is 30.5 Å². The molecule has 2 nitrogen and oxygen atoms in total. The summed E-state index contributed by atoms with van der Waals surface area (Å²) in [6, 6.07) is 13.7. The Morgan fingerprint density at radius 3 is 2.68 bits per heavy atom. The van der Waals surface area contributed by atoms with Gasteiger partial charge in [-0.3, -0.25) is 0 Å². The SMILES string of the molecule is Fc1cc2c(c(-c3ccccc3)c1)OC(CNC1CCC1)C2. The highest BCUT2D eigenvalue weighted by Crippen LogP contribution is 2.39. The van der Waals surface area contributed by atoms with Crippen LogP contribution in [-0.2, 0) is 6.42 Å². The van der Waals surface area contributed by atoms with Crippen LogP contribution in [0.1, 0.15) is 24.8 Å². The molecule has 2 aromatic rings. The number of benzene rings is 2. The van der Waals surface area contributed by atoms with E-state index in [9.17, 15) is 4.39 Å². The van der Waals surface area contributed by atoms with Gasteiger partial charge < -0.3 is 10.1 Å². The van der Waals surface area contributed by atoms with Crippen molar-refractivity contribution in [3.8, 4) is 16.9 Å². The number of hydrogen-bond donors (Lipinski definition) is 1. The first kappa shape index (κ1) is 13.8. The second kappa shape index (κ2) is 5.73. The summed E-state index contributed by atoms with van der Waals surface area (Å²) < 4.78 is 20.1. The summed E-state index contributed by atoms with van der Waals surface area (Å²) in [5.41, 5.74) is 2.85. The molecule has 1 N–H and O–H groups in total. The molecule has 4 rings (SSSR count). The zero-order valence-corrected chi connectivity index (χ0v) is 12.5. The van der Waals surface area contributed by atoms with E-state index in [1.54, 1.807) is 12.1 Å².